The summed E-state index contributed by atoms with van der Waals surface area (Å²) in [5.41, 5.74) is 1.76. The number of amides is 4. The van der Waals surface area contributed by atoms with E-state index in [1.807, 2.05) is 39.0 Å². The molecule has 0 radical (unpaired) electrons. The normalized spacial score (nSPS) is 18.7. The molecule has 1 saturated heterocycles. The second-order valence-corrected chi connectivity index (χ2v) is 7.83. The number of hydrogen-bond acceptors (Lipinski definition) is 3. The van der Waals surface area contributed by atoms with Crippen LogP contribution in [0.3, 0.4) is 0 Å². The van der Waals surface area contributed by atoms with Gasteiger partial charge in [0.1, 0.15) is 17.9 Å². The zero-order valence-electron chi connectivity index (χ0n) is 17.6. The number of nitrogens with zero attached hydrogens (tertiary/aromatic N) is 1. The van der Waals surface area contributed by atoms with Crippen LogP contribution in [0.1, 0.15) is 49.8 Å². The summed E-state index contributed by atoms with van der Waals surface area (Å²) >= 11 is 0. The third-order valence-corrected chi connectivity index (χ3v) is 5.54. The van der Waals surface area contributed by atoms with Gasteiger partial charge < -0.3 is 10.6 Å². The van der Waals surface area contributed by atoms with Crippen LogP contribution < -0.4 is 10.6 Å². The number of anilines is 1. The highest BCUT2D eigenvalue weighted by Gasteiger charge is 2.51. The Hall–Kier alpha value is -3.22. The summed E-state index contributed by atoms with van der Waals surface area (Å²) in [5, 5.41) is 5.56. The van der Waals surface area contributed by atoms with Crippen LogP contribution in [0, 0.1) is 12.7 Å². The van der Waals surface area contributed by atoms with Crippen molar-refractivity contribution in [1.82, 2.24) is 10.2 Å². The first kappa shape index (κ1) is 21.5. The molecule has 1 aliphatic heterocycles. The Kier molecular flexibility index (Phi) is 5.92. The van der Waals surface area contributed by atoms with Crippen LogP contribution in [0.5, 0.6) is 0 Å². The third kappa shape index (κ3) is 3.79. The van der Waals surface area contributed by atoms with Gasteiger partial charge in [0.15, 0.2) is 0 Å². The Morgan fingerprint density at radius 3 is 2.43 bits per heavy atom. The average molecular weight is 411 g/mol. The predicted molar refractivity (Wildman–Crippen MR) is 113 cm³/mol. The Balaban J connectivity index is 1.82. The molecule has 158 valence electrons. The van der Waals surface area contributed by atoms with Crippen molar-refractivity contribution >= 4 is 23.5 Å². The molecule has 7 heteroatoms. The zero-order valence-corrected chi connectivity index (χ0v) is 17.6. The molecular formula is C23H26FN3O3. The van der Waals surface area contributed by atoms with Gasteiger partial charge >= 0.3 is 6.03 Å². The molecule has 0 spiro atoms. The quantitative estimate of drug-likeness (QED) is 0.704. The molecule has 6 nitrogen and oxygen atoms in total. The van der Waals surface area contributed by atoms with Gasteiger partial charge in [0.05, 0.1) is 0 Å². The minimum atomic E-state index is -1.31. The number of halogens is 1. The molecule has 1 heterocycles. The molecule has 2 aromatic rings. The number of carbonyl (C=O) groups excluding carboxylic acids is 3. The lowest BCUT2D eigenvalue weighted by atomic mass is 9.87. The number of imide groups is 1. The Labute approximate surface area is 175 Å². The fourth-order valence-corrected chi connectivity index (χ4v) is 3.81. The van der Waals surface area contributed by atoms with Gasteiger partial charge in [0.2, 0.25) is 5.91 Å². The molecule has 2 aromatic carbocycles. The van der Waals surface area contributed by atoms with Crippen LogP contribution in [-0.4, -0.2) is 29.3 Å². The van der Waals surface area contributed by atoms with Gasteiger partial charge in [-0.3, -0.25) is 14.5 Å². The lowest BCUT2D eigenvalue weighted by Gasteiger charge is -2.25. The molecule has 30 heavy (non-hydrogen) atoms. The van der Waals surface area contributed by atoms with E-state index < -0.39 is 35.7 Å². The van der Waals surface area contributed by atoms with E-state index in [4.69, 9.17) is 0 Å². The van der Waals surface area contributed by atoms with Crippen LogP contribution in [0.4, 0.5) is 14.9 Å². The lowest BCUT2D eigenvalue weighted by molar-refractivity contribution is -0.134. The first-order chi connectivity index (χ1) is 14.2. The maximum absolute atomic E-state index is 13.3. The molecule has 0 unspecified atom stereocenters. The standard InChI is InChI=1S/C23H26FN3O3/c1-5-23(16-9-11-17(24)12-10-16)21(29)27(22(30)26-23)13-19(28)25-20-15(4)7-6-8-18(20)14(2)3/h6-12,14H,5,13H2,1-4H3,(H,25,28)(H,26,30)/t23-/m1/s1. The van der Waals surface area contributed by atoms with E-state index in [2.05, 4.69) is 10.6 Å². The molecule has 0 aliphatic carbocycles. The average Bonchev–Trinajstić information content (AvgIpc) is 2.95. The molecule has 4 amide bonds. The molecule has 3 rings (SSSR count). The van der Waals surface area contributed by atoms with Gasteiger partial charge in [-0.2, -0.15) is 0 Å². The fourth-order valence-electron chi connectivity index (χ4n) is 3.81. The molecule has 0 bridgehead atoms. The lowest BCUT2D eigenvalue weighted by Crippen LogP contribution is -2.44. The van der Waals surface area contributed by atoms with Crippen LogP contribution >= 0.6 is 0 Å². The van der Waals surface area contributed by atoms with E-state index in [-0.39, 0.29) is 12.3 Å². The van der Waals surface area contributed by atoms with E-state index in [1.54, 1.807) is 6.92 Å². The number of para-hydroxylation sites is 1. The summed E-state index contributed by atoms with van der Waals surface area (Å²) in [6.45, 7) is 7.30. The second-order valence-electron chi connectivity index (χ2n) is 7.83. The minimum absolute atomic E-state index is 0.197. The number of hydrogen-bond donors (Lipinski definition) is 2. The summed E-state index contributed by atoms with van der Waals surface area (Å²) in [4.78, 5) is 39.4. The highest BCUT2D eigenvalue weighted by molar-refractivity contribution is 6.10. The van der Waals surface area contributed by atoms with Crippen molar-refractivity contribution in [3.8, 4) is 0 Å². The van der Waals surface area contributed by atoms with Gasteiger partial charge in [-0.05, 0) is 48.1 Å². The summed E-state index contributed by atoms with van der Waals surface area (Å²) in [5.74, 6) is -1.22. The Morgan fingerprint density at radius 1 is 1.17 bits per heavy atom. The topological polar surface area (TPSA) is 78.5 Å². The van der Waals surface area contributed by atoms with Crippen LogP contribution in [0.25, 0.3) is 0 Å². The van der Waals surface area contributed by atoms with Crippen molar-refractivity contribution < 1.29 is 18.8 Å². The van der Waals surface area contributed by atoms with Gasteiger partial charge in [0.25, 0.3) is 5.91 Å². The first-order valence-electron chi connectivity index (χ1n) is 9.99. The molecular weight excluding hydrogens is 385 g/mol. The molecule has 1 fully saturated rings. The van der Waals surface area contributed by atoms with E-state index in [9.17, 15) is 18.8 Å². The second kappa shape index (κ2) is 8.26. The fraction of sp³-hybridized carbons (Fsp3) is 0.348. The molecule has 2 N–H and O–H groups in total. The van der Waals surface area contributed by atoms with Crippen molar-refractivity contribution in [2.75, 3.05) is 11.9 Å². The summed E-state index contributed by atoms with van der Waals surface area (Å²) in [6, 6.07) is 10.6. The maximum atomic E-state index is 13.3. The third-order valence-electron chi connectivity index (χ3n) is 5.54. The Bertz CT molecular complexity index is 988. The molecule has 1 aliphatic rings. The number of urea groups is 1. The highest BCUT2D eigenvalue weighted by Crippen LogP contribution is 2.33. The van der Waals surface area contributed by atoms with Gasteiger partial charge in [-0.15, -0.1) is 0 Å². The van der Waals surface area contributed by atoms with Crippen molar-refractivity contribution in [3.63, 3.8) is 0 Å². The smallest absolute Gasteiger partial charge is 0.324 e. The largest absolute Gasteiger partial charge is 0.325 e. The summed E-state index contributed by atoms with van der Waals surface area (Å²) in [7, 11) is 0. The van der Waals surface area contributed by atoms with Crippen LogP contribution in [-0.2, 0) is 15.1 Å². The van der Waals surface area contributed by atoms with Crippen molar-refractivity contribution in [1.29, 1.82) is 0 Å². The molecule has 1 atom stereocenters. The summed E-state index contributed by atoms with van der Waals surface area (Å²) in [6.07, 6.45) is 0.274. The number of carbonyl (C=O) groups is 3. The van der Waals surface area contributed by atoms with E-state index in [1.165, 1.54) is 24.3 Å². The number of rotatable bonds is 6. The minimum Gasteiger partial charge on any atom is -0.324 e. The maximum Gasteiger partial charge on any atom is 0.325 e. The summed E-state index contributed by atoms with van der Waals surface area (Å²) < 4.78 is 13.3. The zero-order chi connectivity index (χ0) is 22.1. The number of nitrogens with one attached hydrogen (secondary N) is 2. The monoisotopic (exact) mass is 411 g/mol. The van der Waals surface area contributed by atoms with E-state index in [0.717, 1.165) is 16.0 Å². The van der Waals surface area contributed by atoms with Crippen molar-refractivity contribution in [2.45, 2.75) is 45.6 Å². The van der Waals surface area contributed by atoms with Gasteiger partial charge in [0, 0.05) is 5.69 Å². The predicted octanol–water partition coefficient (Wildman–Crippen LogP) is 4.05. The molecule has 0 saturated carbocycles. The van der Waals surface area contributed by atoms with Crippen molar-refractivity contribution in [2.24, 2.45) is 0 Å². The van der Waals surface area contributed by atoms with Crippen LogP contribution in [0.2, 0.25) is 0 Å². The van der Waals surface area contributed by atoms with E-state index >= 15 is 0 Å². The van der Waals surface area contributed by atoms with Gasteiger partial charge in [-0.1, -0.05) is 51.1 Å². The number of benzene rings is 2. The highest BCUT2D eigenvalue weighted by atomic mass is 19.1. The SMILES string of the molecule is CC[C@]1(c2ccc(F)cc2)NC(=O)N(CC(=O)Nc2c(C)cccc2C(C)C)C1=O. The first-order valence-corrected chi connectivity index (χ1v) is 9.99. The van der Waals surface area contributed by atoms with Gasteiger partial charge in [-0.25, -0.2) is 9.18 Å². The number of aryl methyl sites for hydroxylation is 1. The van der Waals surface area contributed by atoms with Crippen LogP contribution in [0.15, 0.2) is 42.5 Å². The van der Waals surface area contributed by atoms with E-state index in [0.29, 0.717) is 11.3 Å². The molecule has 0 aromatic heterocycles. The Morgan fingerprint density at radius 2 is 1.83 bits per heavy atom. The van der Waals surface area contributed by atoms with Crippen molar-refractivity contribution in [3.05, 3.63) is 65.0 Å².